The molecule has 3 aromatic rings. The molecule has 6 nitrogen and oxygen atoms in total. The van der Waals surface area contributed by atoms with Crippen LogP contribution in [0.2, 0.25) is 0 Å². The van der Waals surface area contributed by atoms with Crippen LogP contribution in [0.15, 0.2) is 52.9 Å². The van der Waals surface area contributed by atoms with Crippen LogP contribution in [0.25, 0.3) is 22.6 Å². The first kappa shape index (κ1) is 16.9. The van der Waals surface area contributed by atoms with Gasteiger partial charge in [-0.05, 0) is 48.5 Å². The number of methoxy groups -OCH3 is 2. The topological polar surface area (TPSA) is 74.0 Å². The fourth-order valence-electron chi connectivity index (χ4n) is 2.39. The van der Waals surface area contributed by atoms with Crippen LogP contribution in [0.4, 0.5) is 0 Å². The van der Waals surface area contributed by atoms with Crippen molar-refractivity contribution in [1.82, 2.24) is 4.98 Å². The minimum atomic E-state index is -0.0251. The van der Waals surface area contributed by atoms with Crippen LogP contribution in [0.3, 0.4) is 0 Å². The van der Waals surface area contributed by atoms with E-state index in [1.807, 2.05) is 48.5 Å². The van der Waals surface area contributed by atoms with E-state index in [1.165, 1.54) is 7.11 Å². The van der Waals surface area contributed by atoms with Gasteiger partial charge in [0.1, 0.15) is 23.8 Å². The molecule has 0 fully saturated rings. The van der Waals surface area contributed by atoms with Gasteiger partial charge in [-0.2, -0.15) is 4.98 Å². The van der Waals surface area contributed by atoms with Gasteiger partial charge in [0.15, 0.2) is 5.76 Å². The number of nitrogens with zero attached hydrogens (tertiary/aromatic N) is 1. The molecule has 0 atom stereocenters. The Hall–Kier alpha value is -2.99. The third kappa shape index (κ3) is 3.75. The number of ether oxygens (including phenoxy) is 3. The summed E-state index contributed by atoms with van der Waals surface area (Å²) in [5.41, 5.74) is 2.42. The monoisotopic (exact) mass is 341 g/mol. The number of aliphatic hydroxyl groups excluding tert-OH is 1. The minimum absolute atomic E-state index is 0.0251. The molecule has 0 unspecified atom stereocenters. The smallest absolute Gasteiger partial charge is 0.394 e. The Labute approximate surface area is 145 Å². The number of benzene rings is 2. The zero-order valence-electron chi connectivity index (χ0n) is 14.1. The second-order valence-electron chi connectivity index (χ2n) is 5.19. The van der Waals surface area contributed by atoms with E-state index in [9.17, 15) is 0 Å². The van der Waals surface area contributed by atoms with Gasteiger partial charge < -0.3 is 23.7 Å². The SMILES string of the molecule is COc1ccc(-c2nc(OC)oc2-c2ccc(OCCO)cc2)cc1. The molecule has 0 amide bonds. The summed E-state index contributed by atoms with van der Waals surface area (Å²) in [5.74, 6) is 2.05. The molecule has 0 aliphatic rings. The number of rotatable bonds is 7. The molecule has 2 aromatic carbocycles. The maximum atomic E-state index is 8.82. The summed E-state index contributed by atoms with van der Waals surface area (Å²) in [6, 6.07) is 14.9. The van der Waals surface area contributed by atoms with E-state index in [4.69, 9.17) is 23.7 Å². The van der Waals surface area contributed by atoms with Crippen molar-refractivity contribution < 1.29 is 23.7 Å². The number of hydrogen-bond acceptors (Lipinski definition) is 6. The summed E-state index contributed by atoms with van der Waals surface area (Å²) in [5, 5.41) is 8.82. The van der Waals surface area contributed by atoms with Crippen molar-refractivity contribution in [3.8, 4) is 40.2 Å². The lowest BCUT2D eigenvalue weighted by atomic mass is 10.1. The van der Waals surface area contributed by atoms with Crippen molar-refractivity contribution >= 4 is 0 Å². The van der Waals surface area contributed by atoms with Gasteiger partial charge in [-0.15, -0.1) is 0 Å². The van der Waals surface area contributed by atoms with E-state index < -0.39 is 0 Å². The minimum Gasteiger partial charge on any atom is -0.497 e. The standard InChI is InChI=1S/C19H19NO5/c1-22-15-7-3-13(4-8-15)17-18(25-19(20-17)23-2)14-5-9-16(10-6-14)24-12-11-21/h3-10,21H,11-12H2,1-2H3. The number of hydrogen-bond donors (Lipinski definition) is 1. The number of oxazole rings is 1. The molecule has 0 aliphatic heterocycles. The third-order valence-corrected chi connectivity index (χ3v) is 3.62. The fourth-order valence-corrected chi connectivity index (χ4v) is 2.39. The number of aromatic nitrogens is 1. The van der Waals surface area contributed by atoms with Crippen LogP contribution >= 0.6 is 0 Å². The molecule has 1 heterocycles. The first-order chi connectivity index (χ1) is 12.2. The van der Waals surface area contributed by atoms with Gasteiger partial charge >= 0.3 is 6.08 Å². The highest BCUT2D eigenvalue weighted by Gasteiger charge is 2.17. The molecular formula is C19H19NO5. The Morgan fingerprint density at radius 2 is 1.52 bits per heavy atom. The van der Waals surface area contributed by atoms with E-state index in [0.29, 0.717) is 17.2 Å². The summed E-state index contributed by atoms with van der Waals surface area (Å²) in [4.78, 5) is 4.41. The van der Waals surface area contributed by atoms with E-state index >= 15 is 0 Å². The second kappa shape index (κ2) is 7.72. The van der Waals surface area contributed by atoms with E-state index in [0.717, 1.165) is 16.9 Å². The molecule has 0 radical (unpaired) electrons. The van der Waals surface area contributed by atoms with Gasteiger partial charge in [0.05, 0.1) is 20.8 Å². The lowest BCUT2D eigenvalue weighted by Crippen LogP contribution is -2.01. The average Bonchev–Trinajstić information content (AvgIpc) is 3.11. The van der Waals surface area contributed by atoms with Crippen LogP contribution in [0.1, 0.15) is 0 Å². The molecule has 1 N–H and O–H groups in total. The largest absolute Gasteiger partial charge is 0.497 e. The molecule has 0 aliphatic carbocycles. The van der Waals surface area contributed by atoms with Gasteiger partial charge in [-0.3, -0.25) is 0 Å². The van der Waals surface area contributed by atoms with Crippen molar-refractivity contribution in [2.45, 2.75) is 0 Å². The summed E-state index contributed by atoms with van der Waals surface area (Å²) in [6.07, 6.45) is 0.196. The Balaban J connectivity index is 1.96. The molecule has 25 heavy (non-hydrogen) atoms. The van der Waals surface area contributed by atoms with Crippen LogP contribution in [-0.4, -0.2) is 37.5 Å². The van der Waals surface area contributed by atoms with E-state index in [1.54, 1.807) is 7.11 Å². The predicted octanol–water partition coefficient (Wildman–Crippen LogP) is 3.40. The average molecular weight is 341 g/mol. The van der Waals surface area contributed by atoms with Crippen LogP contribution < -0.4 is 14.2 Å². The normalized spacial score (nSPS) is 10.5. The first-order valence-electron chi connectivity index (χ1n) is 7.78. The highest BCUT2D eigenvalue weighted by molar-refractivity contribution is 5.77. The van der Waals surface area contributed by atoms with Crippen LogP contribution in [-0.2, 0) is 0 Å². The molecule has 6 heteroatoms. The molecule has 0 saturated heterocycles. The second-order valence-corrected chi connectivity index (χ2v) is 5.19. The summed E-state index contributed by atoms with van der Waals surface area (Å²) < 4.78 is 21.5. The van der Waals surface area contributed by atoms with Crippen molar-refractivity contribution in [3.05, 3.63) is 48.5 Å². The van der Waals surface area contributed by atoms with Gasteiger partial charge in [0.25, 0.3) is 0 Å². The predicted molar refractivity (Wildman–Crippen MR) is 93.1 cm³/mol. The summed E-state index contributed by atoms with van der Waals surface area (Å²) in [6.45, 7) is 0.231. The van der Waals surface area contributed by atoms with Crippen LogP contribution in [0, 0.1) is 0 Å². The van der Waals surface area contributed by atoms with Crippen molar-refractivity contribution in [1.29, 1.82) is 0 Å². The quantitative estimate of drug-likeness (QED) is 0.710. The maximum Gasteiger partial charge on any atom is 0.394 e. The Bertz CT molecular complexity index is 809. The molecule has 1 aromatic heterocycles. The van der Waals surface area contributed by atoms with Gasteiger partial charge in [-0.25, -0.2) is 0 Å². The molecule has 0 saturated carbocycles. The fraction of sp³-hybridized carbons (Fsp3) is 0.211. The zero-order valence-corrected chi connectivity index (χ0v) is 14.1. The van der Waals surface area contributed by atoms with Gasteiger partial charge in [-0.1, -0.05) is 0 Å². The molecule has 0 spiro atoms. The lowest BCUT2D eigenvalue weighted by molar-refractivity contribution is 0.201. The van der Waals surface area contributed by atoms with Crippen molar-refractivity contribution in [3.63, 3.8) is 0 Å². The molecule has 0 bridgehead atoms. The highest BCUT2D eigenvalue weighted by atomic mass is 16.6. The summed E-state index contributed by atoms with van der Waals surface area (Å²) >= 11 is 0. The van der Waals surface area contributed by atoms with E-state index in [-0.39, 0.29) is 19.3 Å². The lowest BCUT2D eigenvalue weighted by Gasteiger charge is -2.06. The summed E-state index contributed by atoms with van der Waals surface area (Å²) in [7, 11) is 3.14. The highest BCUT2D eigenvalue weighted by Crippen LogP contribution is 2.36. The van der Waals surface area contributed by atoms with Gasteiger partial charge in [0, 0.05) is 11.1 Å². The Kier molecular flexibility index (Phi) is 5.20. The zero-order chi connectivity index (χ0) is 17.6. The van der Waals surface area contributed by atoms with Crippen LogP contribution in [0.5, 0.6) is 17.6 Å². The Morgan fingerprint density at radius 3 is 2.12 bits per heavy atom. The molecular weight excluding hydrogens is 322 g/mol. The van der Waals surface area contributed by atoms with Gasteiger partial charge in [0.2, 0.25) is 0 Å². The molecule has 130 valence electrons. The molecule has 3 rings (SSSR count). The van der Waals surface area contributed by atoms with E-state index in [2.05, 4.69) is 4.98 Å². The maximum absolute atomic E-state index is 8.82. The Morgan fingerprint density at radius 1 is 0.880 bits per heavy atom. The van der Waals surface area contributed by atoms with Crippen molar-refractivity contribution in [2.24, 2.45) is 0 Å². The number of aliphatic hydroxyl groups is 1. The van der Waals surface area contributed by atoms with Crippen molar-refractivity contribution in [2.75, 3.05) is 27.4 Å². The third-order valence-electron chi connectivity index (χ3n) is 3.62. The first-order valence-corrected chi connectivity index (χ1v) is 7.78.